The molecule has 0 bridgehead atoms. The third-order valence-corrected chi connectivity index (χ3v) is 2.85. The summed E-state index contributed by atoms with van der Waals surface area (Å²) in [5.74, 6) is 1.29. The maximum absolute atomic E-state index is 11.6. The van der Waals surface area contributed by atoms with Gasteiger partial charge in [0.05, 0.1) is 0 Å². The molecule has 1 nitrogen and oxygen atoms in total. The molecule has 1 fully saturated rings. The number of allylic oxidation sites excluding steroid dienone is 1. The summed E-state index contributed by atoms with van der Waals surface area (Å²) in [5.41, 5.74) is 0. The van der Waals surface area contributed by atoms with Crippen LogP contribution in [0.3, 0.4) is 0 Å². The van der Waals surface area contributed by atoms with Crippen LogP contribution in [0.15, 0.2) is 12.7 Å². The molecule has 0 aliphatic heterocycles. The molecule has 0 N–H and O–H groups in total. The number of Topliss-reactive ketones (excluding diaryl/α,β-unsaturated/α-hetero) is 1. The molecule has 0 aromatic rings. The van der Waals surface area contributed by atoms with Gasteiger partial charge in [-0.25, -0.2) is 0 Å². The molecule has 0 spiro atoms. The van der Waals surface area contributed by atoms with Gasteiger partial charge in [-0.2, -0.15) is 0 Å². The summed E-state index contributed by atoms with van der Waals surface area (Å²) in [6.45, 7) is 5.89. The van der Waals surface area contributed by atoms with Crippen LogP contribution in [0.4, 0.5) is 0 Å². The average Bonchev–Trinajstić information content (AvgIpc) is 2.19. The quantitative estimate of drug-likeness (QED) is 0.455. The van der Waals surface area contributed by atoms with Crippen molar-refractivity contribution in [2.24, 2.45) is 11.8 Å². The predicted octanol–water partition coefficient (Wildman–Crippen LogP) is 2.96. The Morgan fingerprint density at radius 2 is 2.33 bits per heavy atom. The summed E-state index contributed by atoms with van der Waals surface area (Å²) in [5, 5.41) is 0. The molecule has 1 saturated carbocycles. The van der Waals surface area contributed by atoms with Gasteiger partial charge in [-0.3, -0.25) is 4.79 Å². The Kier molecular flexibility index (Phi) is 3.51. The summed E-state index contributed by atoms with van der Waals surface area (Å²) in [6, 6.07) is 0. The first-order valence-electron chi connectivity index (χ1n) is 4.89. The summed E-state index contributed by atoms with van der Waals surface area (Å²) in [7, 11) is 0. The van der Waals surface area contributed by atoms with E-state index in [0.717, 1.165) is 19.3 Å². The molecule has 0 saturated heterocycles. The zero-order chi connectivity index (χ0) is 8.97. The lowest BCUT2D eigenvalue weighted by Crippen LogP contribution is -2.18. The van der Waals surface area contributed by atoms with Crippen LogP contribution in [0.1, 0.15) is 39.0 Å². The topological polar surface area (TPSA) is 17.1 Å². The van der Waals surface area contributed by atoms with E-state index in [2.05, 4.69) is 13.5 Å². The van der Waals surface area contributed by atoms with Gasteiger partial charge in [-0.1, -0.05) is 19.4 Å². The van der Waals surface area contributed by atoms with Crippen LogP contribution in [-0.2, 0) is 4.79 Å². The van der Waals surface area contributed by atoms with E-state index in [9.17, 15) is 4.79 Å². The van der Waals surface area contributed by atoms with E-state index < -0.39 is 0 Å². The maximum Gasteiger partial charge on any atom is 0.136 e. The van der Waals surface area contributed by atoms with Gasteiger partial charge in [0.1, 0.15) is 5.78 Å². The molecule has 1 rings (SSSR count). The average molecular weight is 166 g/mol. The van der Waals surface area contributed by atoms with Crippen molar-refractivity contribution in [1.82, 2.24) is 0 Å². The Labute approximate surface area is 74.9 Å². The van der Waals surface area contributed by atoms with E-state index >= 15 is 0 Å². The van der Waals surface area contributed by atoms with Gasteiger partial charge in [-0.05, 0) is 25.2 Å². The molecule has 0 radical (unpaired) electrons. The van der Waals surface area contributed by atoms with Crippen LogP contribution in [0.25, 0.3) is 0 Å². The van der Waals surface area contributed by atoms with E-state index in [-0.39, 0.29) is 5.92 Å². The molecule has 12 heavy (non-hydrogen) atoms. The molecular weight excluding hydrogens is 148 g/mol. The summed E-state index contributed by atoms with van der Waals surface area (Å²) >= 11 is 0. The number of hydrogen-bond donors (Lipinski definition) is 0. The summed E-state index contributed by atoms with van der Waals surface area (Å²) in [4.78, 5) is 11.6. The van der Waals surface area contributed by atoms with E-state index in [1.165, 1.54) is 12.8 Å². The molecule has 0 aromatic heterocycles. The normalized spacial score (nSPS) is 31.2. The smallest absolute Gasteiger partial charge is 0.136 e. The third kappa shape index (κ3) is 2.20. The minimum absolute atomic E-state index is 0.269. The Balaban J connectivity index is 2.60. The lowest BCUT2D eigenvalue weighted by atomic mass is 9.86. The number of carbonyl (C=O) groups is 1. The van der Waals surface area contributed by atoms with Crippen molar-refractivity contribution in [3.05, 3.63) is 12.7 Å². The lowest BCUT2D eigenvalue weighted by Gasteiger charge is -2.17. The van der Waals surface area contributed by atoms with Gasteiger partial charge in [-0.15, -0.1) is 6.58 Å². The Bertz CT molecular complexity index is 172. The minimum atomic E-state index is 0.269. The highest BCUT2D eigenvalue weighted by atomic mass is 16.1. The first kappa shape index (κ1) is 9.50. The van der Waals surface area contributed by atoms with Crippen LogP contribution < -0.4 is 0 Å². The highest BCUT2D eigenvalue weighted by Gasteiger charge is 2.25. The Morgan fingerprint density at radius 1 is 1.58 bits per heavy atom. The van der Waals surface area contributed by atoms with Gasteiger partial charge < -0.3 is 0 Å². The number of carbonyl (C=O) groups excluding carboxylic acids is 1. The molecule has 2 atom stereocenters. The fourth-order valence-corrected chi connectivity index (χ4v) is 2.01. The maximum atomic E-state index is 11.6. The van der Waals surface area contributed by atoms with Crippen LogP contribution in [0.5, 0.6) is 0 Å². The lowest BCUT2D eigenvalue weighted by molar-refractivity contribution is -0.123. The second-order valence-electron chi connectivity index (χ2n) is 3.82. The Morgan fingerprint density at radius 3 is 3.00 bits per heavy atom. The molecule has 1 heteroatoms. The molecule has 1 aliphatic rings. The first-order valence-corrected chi connectivity index (χ1v) is 4.89. The van der Waals surface area contributed by atoms with Gasteiger partial charge in [0.2, 0.25) is 0 Å². The van der Waals surface area contributed by atoms with Crippen molar-refractivity contribution < 1.29 is 4.79 Å². The van der Waals surface area contributed by atoms with Crippen molar-refractivity contribution in [2.75, 3.05) is 0 Å². The molecule has 0 heterocycles. The summed E-state index contributed by atoms with van der Waals surface area (Å²) in [6.07, 6.45) is 7.08. The molecule has 0 unspecified atom stereocenters. The first-order chi connectivity index (χ1) is 5.75. The second kappa shape index (κ2) is 4.44. The van der Waals surface area contributed by atoms with Gasteiger partial charge in [0.15, 0.2) is 0 Å². The van der Waals surface area contributed by atoms with Crippen LogP contribution in [0.2, 0.25) is 0 Å². The monoisotopic (exact) mass is 166 g/mol. The van der Waals surface area contributed by atoms with E-state index in [1.54, 1.807) is 0 Å². The molecule has 0 aromatic carbocycles. The molecule has 0 amide bonds. The van der Waals surface area contributed by atoms with E-state index in [4.69, 9.17) is 0 Å². The zero-order valence-corrected chi connectivity index (χ0v) is 7.88. The zero-order valence-electron chi connectivity index (χ0n) is 7.88. The summed E-state index contributed by atoms with van der Waals surface area (Å²) < 4.78 is 0. The van der Waals surface area contributed by atoms with Crippen LogP contribution in [-0.4, -0.2) is 5.78 Å². The van der Waals surface area contributed by atoms with Crippen molar-refractivity contribution in [2.45, 2.75) is 39.0 Å². The highest BCUT2D eigenvalue weighted by molar-refractivity contribution is 5.81. The SMILES string of the molecule is C=CC[C@H]1C(=O)CCCC[C@@H]1C. The molecule has 68 valence electrons. The number of rotatable bonds is 2. The predicted molar refractivity (Wildman–Crippen MR) is 50.9 cm³/mol. The Hall–Kier alpha value is -0.590. The van der Waals surface area contributed by atoms with Gasteiger partial charge in [0.25, 0.3) is 0 Å². The van der Waals surface area contributed by atoms with E-state index in [1.807, 2.05) is 6.08 Å². The molecular formula is C11H18O. The van der Waals surface area contributed by atoms with Crippen molar-refractivity contribution in [3.8, 4) is 0 Å². The third-order valence-electron chi connectivity index (χ3n) is 2.85. The second-order valence-corrected chi connectivity index (χ2v) is 3.82. The highest BCUT2D eigenvalue weighted by Crippen LogP contribution is 2.28. The number of hydrogen-bond acceptors (Lipinski definition) is 1. The fraction of sp³-hybridized carbons (Fsp3) is 0.727. The van der Waals surface area contributed by atoms with Crippen LogP contribution in [0, 0.1) is 11.8 Å². The van der Waals surface area contributed by atoms with Crippen molar-refractivity contribution in [3.63, 3.8) is 0 Å². The largest absolute Gasteiger partial charge is 0.299 e. The van der Waals surface area contributed by atoms with Gasteiger partial charge in [0, 0.05) is 12.3 Å². The minimum Gasteiger partial charge on any atom is -0.299 e. The number of ketones is 1. The molecule has 1 aliphatic carbocycles. The van der Waals surface area contributed by atoms with Crippen molar-refractivity contribution >= 4 is 5.78 Å². The van der Waals surface area contributed by atoms with E-state index in [0.29, 0.717) is 11.7 Å². The van der Waals surface area contributed by atoms with Crippen LogP contribution >= 0.6 is 0 Å². The van der Waals surface area contributed by atoms with Gasteiger partial charge >= 0.3 is 0 Å². The fourth-order valence-electron chi connectivity index (χ4n) is 2.01. The van der Waals surface area contributed by atoms with Crippen molar-refractivity contribution in [1.29, 1.82) is 0 Å². The standard InChI is InChI=1S/C11H18O/c1-3-6-10-9(2)7-4-5-8-11(10)12/h3,9-10H,1,4-8H2,2H3/t9-,10+/m0/s1.